The van der Waals surface area contributed by atoms with E-state index in [2.05, 4.69) is 35.1 Å². The highest BCUT2D eigenvalue weighted by atomic mass is 79.9. The lowest BCUT2D eigenvalue weighted by molar-refractivity contribution is -0.118. The molecule has 0 atom stereocenters. The monoisotopic (exact) mass is 444 g/mol. The van der Waals surface area contributed by atoms with Gasteiger partial charge in [0.05, 0.1) is 12.7 Å². The Labute approximate surface area is 174 Å². The molecule has 2 amide bonds. The van der Waals surface area contributed by atoms with Crippen LogP contribution in [0.2, 0.25) is 0 Å². The van der Waals surface area contributed by atoms with E-state index in [9.17, 15) is 9.59 Å². The van der Waals surface area contributed by atoms with Gasteiger partial charge in [-0.15, -0.1) is 0 Å². The Morgan fingerprint density at radius 1 is 1.21 bits per heavy atom. The smallest absolute Gasteiger partial charge is 0.256 e. The lowest BCUT2D eigenvalue weighted by atomic mass is 9.99. The van der Waals surface area contributed by atoms with Gasteiger partial charge >= 0.3 is 0 Å². The van der Waals surface area contributed by atoms with Crippen LogP contribution in [0.4, 0.5) is 11.4 Å². The number of nitrogens with zero attached hydrogens (tertiary/aromatic N) is 1. The number of hydrogen-bond donors (Lipinski definition) is 1. The second kappa shape index (κ2) is 8.78. The van der Waals surface area contributed by atoms with Crippen LogP contribution in [0, 0.1) is 5.92 Å². The first-order chi connectivity index (χ1) is 13.4. The number of benzene rings is 2. The Morgan fingerprint density at radius 3 is 2.71 bits per heavy atom. The molecular weight excluding hydrogens is 420 g/mol. The second-order valence-corrected chi connectivity index (χ2v) is 8.23. The van der Waals surface area contributed by atoms with Crippen molar-refractivity contribution in [3.63, 3.8) is 0 Å². The molecule has 0 unspecified atom stereocenters. The molecule has 28 heavy (non-hydrogen) atoms. The molecular formula is C22H25BrN2O3. The van der Waals surface area contributed by atoms with Gasteiger partial charge in [0.15, 0.2) is 0 Å². The van der Waals surface area contributed by atoms with Crippen molar-refractivity contribution in [1.82, 2.24) is 0 Å². The normalized spacial score (nSPS) is 13.5. The van der Waals surface area contributed by atoms with Crippen LogP contribution in [-0.2, 0) is 11.2 Å². The van der Waals surface area contributed by atoms with Crippen LogP contribution in [0.3, 0.4) is 0 Å². The number of halogens is 1. The van der Waals surface area contributed by atoms with Crippen molar-refractivity contribution >= 4 is 39.1 Å². The Balaban J connectivity index is 1.80. The summed E-state index contributed by atoms with van der Waals surface area (Å²) in [7, 11) is 1.57. The van der Waals surface area contributed by atoms with Gasteiger partial charge in [-0.25, -0.2) is 0 Å². The van der Waals surface area contributed by atoms with E-state index < -0.39 is 0 Å². The van der Waals surface area contributed by atoms with E-state index in [4.69, 9.17) is 4.74 Å². The summed E-state index contributed by atoms with van der Waals surface area (Å²) in [6.45, 7) is 5.04. The Hall–Kier alpha value is -2.34. The van der Waals surface area contributed by atoms with Crippen LogP contribution in [0.15, 0.2) is 40.9 Å². The number of hydrogen-bond acceptors (Lipinski definition) is 3. The fourth-order valence-electron chi connectivity index (χ4n) is 3.27. The average Bonchev–Trinajstić information content (AvgIpc) is 2.67. The highest BCUT2D eigenvalue weighted by Gasteiger charge is 2.24. The zero-order valence-electron chi connectivity index (χ0n) is 16.4. The number of carbonyl (C=O) groups excluding carboxylic acids is 2. The number of ether oxygens (including phenoxy) is 1. The van der Waals surface area contributed by atoms with E-state index in [1.54, 1.807) is 25.3 Å². The first kappa shape index (κ1) is 20.4. The maximum atomic E-state index is 12.7. The molecule has 5 nitrogen and oxygen atoms in total. The number of rotatable bonds is 6. The van der Waals surface area contributed by atoms with Gasteiger partial charge in [-0.1, -0.05) is 13.8 Å². The first-order valence-corrected chi connectivity index (χ1v) is 10.3. The van der Waals surface area contributed by atoms with Gasteiger partial charge in [-0.3, -0.25) is 9.59 Å². The number of fused-ring (bicyclic) bond motifs is 1. The largest absolute Gasteiger partial charge is 0.497 e. The van der Waals surface area contributed by atoms with Gasteiger partial charge in [-0.05, 0) is 76.7 Å². The highest BCUT2D eigenvalue weighted by Crippen LogP contribution is 2.31. The molecule has 6 heteroatoms. The van der Waals surface area contributed by atoms with Crippen molar-refractivity contribution < 1.29 is 14.3 Å². The van der Waals surface area contributed by atoms with Gasteiger partial charge in [0, 0.05) is 28.8 Å². The molecule has 1 aliphatic heterocycles. The van der Waals surface area contributed by atoms with Crippen molar-refractivity contribution in [3.05, 3.63) is 52.0 Å². The molecule has 0 aromatic heterocycles. The third kappa shape index (κ3) is 4.55. The minimum absolute atomic E-state index is 0.172. The quantitative estimate of drug-likeness (QED) is 0.678. The van der Waals surface area contributed by atoms with E-state index in [1.165, 1.54) is 0 Å². The van der Waals surface area contributed by atoms with Crippen LogP contribution in [0.25, 0.3) is 0 Å². The summed E-state index contributed by atoms with van der Waals surface area (Å²) in [5.74, 6) is 1.12. The van der Waals surface area contributed by atoms with E-state index in [0.717, 1.165) is 29.9 Å². The van der Waals surface area contributed by atoms with Gasteiger partial charge in [0.2, 0.25) is 5.91 Å². The fraction of sp³-hybridized carbons (Fsp3) is 0.364. The topological polar surface area (TPSA) is 58.6 Å². The molecule has 0 saturated heterocycles. The molecule has 2 aromatic rings. The molecule has 2 aromatic carbocycles. The van der Waals surface area contributed by atoms with Gasteiger partial charge < -0.3 is 15.0 Å². The summed E-state index contributed by atoms with van der Waals surface area (Å²) in [5.41, 5.74) is 3.27. The summed E-state index contributed by atoms with van der Waals surface area (Å²) in [5, 5.41) is 2.95. The minimum Gasteiger partial charge on any atom is -0.497 e. The van der Waals surface area contributed by atoms with Crippen LogP contribution in [-0.4, -0.2) is 25.5 Å². The minimum atomic E-state index is -0.214. The molecule has 0 saturated carbocycles. The summed E-state index contributed by atoms with van der Waals surface area (Å²) in [6.07, 6.45) is 2.16. The Kier molecular flexibility index (Phi) is 6.39. The van der Waals surface area contributed by atoms with Crippen molar-refractivity contribution in [2.75, 3.05) is 23.9 Å². The number of aryl methyl sites for hydroxylation is 1. The third-order valence-corrected chi connectivity index (χ3v) is 5.58. The summed E-state index contributed by atoms with van der Waals surface area (Å²) in [4.78, 5) is 26.9. The predicted octanol–water partition coefficient (Wildman–Crippen LogP) is 5.04. The molecule has 0 fully saturated rings. The SMILES string of the molecule is COc1ccc(Br)c(C(=O)Nc2ccc3c(c2)CCC(=O)N3CCC(C)C)c1. The molecule has 148 valence electrons. The van der Waals surface area contributed by atoms with Crippen LogP contribution in [0.5, 0.6) is 5.75 Å². The van der Waals surface area contributed by atoms with Crippen molar-refractivity contribution in [1.29, 1.82) is 0 Å². The second-order valence-electron chi connectivity index (χ2n) is 7.37. The molecule has 0 radical (unpaired) electrons. The number of nitrogens with one attached hydrogen (secondary N) is 1. The van der Waals surface area contributed by atoms with Gasteiger partial charge in [0.1, 0.15) is 5.75 Å². The Morgan fingerprint density at radius 2 is 2.00 bits per heavy atom. The Bertz CT molecular complexity index is 895. The lowest BCUT2D eigenvalue weighted by Gasteiger charge is -2.30. The molecule has 1 N–H and O–H groups in total. The van der Waals surface area contributed by atoms with E-state index in [-0.39, 0.29) is 11.8 Å². The summed E-state index contributed by atoms with van der Waals surface area (Å²) >= 11 is 3.42. The average molecular weight is 445 g/mol. The molecule has 1 heterocycles. The summed E-state index contributed by atoms with van der Waals surface area (Å²) in [6, 6.07) is 11.0. The van der Waals surface area contributed by atoms with Crippen molar-refractivity contribution in [3.8, 4) is 5.75 Å². The van der Waals surface area contributed by atoms with E-state index in [0.29, 0.717) is 34.5 Å². The number of carbonyl (C=O) groups is 2. The number of amides is 2. The number of anilines is 2. The zero-order valence-corrected chi connectivity index (χ0v) is 18.0. The first-order valence-electron chi connectivity index (χ1n) is 9.47. The molecule has 0 bridgehead atoms. The molecule has 0 spiro atoms. The molecule has 3 rings (SSSR count). The lowest BCUT2D eigenvalue weighted by Crippen LogP contribution is -2.36. The number of methoxy groups -OCH3 is 1. The van der Waals surface area contributed by atoms with Crippen LogP contribution < -0.4 is 15.0 Å². The molecule has 0 aliphatic carbocycles. The van der Waals surface area contributed by atoms with Crippen molar-refractivity contribution in [2.45, 2.75) is 33.1 Å². The zero-order chi connectivity index (χ0) is 20.3. The fourth-order valence-corrected chi connectivity index (χ4v) is 3.70. The van der Waals surface area contributed by atoms with Gasteiger partial charge in [-0.2, -0.15) is 0 Å². The highest BCUT2D eigenvalue weighted by molar-refractivity contribution is 9.10. The predicted molar refractivity (Wildman–Crippen MR) is 115 cm³/mol. The standard InChI is InChI=1S/C22H25BrN2O3/c1-14(2)10-11-25-20-8-5-16(12-15(20)4-9-21(25)26)24-22(27)18-13-17(28-3)6-7-19(18)23/h5-8,12-14H,4,9-11H2,1-3H3,(H,24,27). The van der Waals surface area contributed by atoms with E-state index in [1.807, 2.05) is 23.1 Å². The maximum Gasteiger partial charge on any atom is 0.256 e. The van der Waals surface area contributed by atoms with Crippen LogP contribution >= 0.6 is 15.9 Å². The third-order valence-electron chi connectivity index (χ3n) is 4.89. The summed E-state index contributed by atoms with van der Waals surface area (Å²) < 4.78 is 5.91. The van der Waals surface area contributed by atoms with Crippen LogP contribution in [0.1, 0.15) is 42.6 Å². The van der Waals surface area contributed by atoms with Gasteiger partial charge in [0.25, 0.3) is 5.91 Å². The maximum absolute atomic E-state index is 12.7. The van der Waals surface area contributed by atoms with Crippen molar-refractivity contribution in [2.24, 2.45) is 5.92 Å². The van der Waals surface area contributed by atoms with E-state index >= 15 is 0 Å². The molecule has 1 aliphatic rings.